The van der Waals surface area contributed by atoms with Crippen molar-refractivity contribution in [2.24, 2.45) is 5.41 Å². The SMILES string of the molecule is CC1(CN2CCCOCC2)CC1.CCC. The fourth-order valence-electron chi connectivity index (χ4n) is 1.87. The summed E-state index contributed by atoms with van der Waals surface area (Å²) < 4.78 is 5.42. The van der Waals surface area contributed by atoms with Gasteiger partial charge in [-0.1, -0.05) is 27.2 Å². The van der Waals surface area contributed by atoms with Gasteiger partial charge in [-0.25, -0.2) is 0 Å². The summed E-state index contributed by atoms with van der Waals surface area (Å²) in [6, 6.07) is 0. The maximum Gasteiger partial charge on any atom is 0.0593 e. The summed E-state index contributed by atoms with van der Waals surface area (Å²) in [7, 11) is 0. The Morgan fingerprint density at radius 3 is 2.40 bits per heavy atom. The van der Waals surface area contributed by atoms with Gasteiger partial charge in [-0.3, -0.25) is 0 Å². The number of rotatable bonds is 2. The van der Waals surface area contributed by atoms with Crippen LogP contribution < -0.4 is 0 Å². The highest BCUT2D eigenvalue weighted by Gasteiger charge is 2.38. The molecule has 0 atom stereocenters. The Kier molecular flexibility index (Phi) is 5.62. The van der Waals surface area contributed by atoms with Crippen LogP contribution in [0.15, 0.2) is 0 Å². The molecule has 0 aromatic carbocycles. The molecule has 1 aliphatic carbocycles. The van der Waals surface area contributed by atoms with Gasteiger partial charge >= 0.3 is 0 Å². The van der Waals surface area contributed by atoms with Crippen LogP contribution in [0.3, 0.4) is 0 Å². The highest BCUT2D eigenvalue weighted by molar-refractivity contribution is 4.91. The fourth-order valence-corrected chi connectivity index (χ4v) is 1.87. The quantitative estimate of drug-likeness (QED) is 0.699. The van der Waals surface area contributed by atoms with Crippen LogP contribution in [0.5, 0.6) is 0 Å². The van der Waals surface area contributed by atoms with Gasteiger partial charge in [-0.15, -0.1) is 0 Å². The Bertz CT molecular complexity index is 158. The summed E-state index contributed by atoms with van der Waals surface area (Å²) in [5.74, 6) is 0. The van der Waals surface area contributed by atoms with Crippen LogP contribution in [0.2, 0.25) is 0 Å². The normalized spacial score (nSPS) is 25.0. The average molecular weight is 213 g/mol. The van der Waals surface area contributed by atoms with Crippen LogP contribution in [0.1, 0.15) is 46.5 Å². The van der Waals surface area contributed by atoms with Gasteiger partial charge in [0.2, 0.25) is 0 Å². The summed E-state index contributed by atoms with van der Waals surface area (Å²) in [4.78, 5) is 2.57. The largest absolute Gasteiger partial charge is 0.380 e. The van der Waals surface area contributed by atoms with Crippen molar-refractivity contribution in [3.63, 3.8) is 0 Å². The van der Waals surface area contributed by atoms with Gasteiger partial charge in [0.25, 0.3) is 0 Å². The summed E-state index contributed by atoms with van der Waals surface area (Å²) in [5, 5.41) is 0. The molecule has 0 aromatic rings. The van der Waals surface area contributed by atoms with E-state index in [1.807, 2.05) is 0 Å². The van der Waals surface area contributed by atoms with E-state index >= 15 is 0 Å². The van der Waals surface area contributed by atoms with Crippen LogP contribution in [-0.4, -0.2) is 37.7 Å². The Balaban J connectivity index is 0.000000337. The predicted molar refractivity (Wildman–Crippen MR) is 65.2 cm³/mol. The molecule has 1 saturated heterocycles. The first kappa shape index (κ1) is 13.0. The predicted octanol–water partition coefficient (Wildman–Crippen LogP) is 2.93. The summed E-state index contributed by atoms with van der Waals surface area (Å²) >= 11 is 0. The lowest BCUT2D eigenvalue weighted by Crippen LogP contribution is -2.31. The standard InChI is InChI=1S/C10H19NO.C3H8/c1-10(3-4-10)9-11-5-2-7-12-8-6-11;1-3-2/h2-9H2,1H3;3H2,1-2H3. The minimum Gasteiger partial charge on any atom is -0.380 e. The molecule has 0 bridgehead atoms. The molecule has 2 heteroatoms. The Labute approximate surface area is 95.0 Å². The first-order valence-electron chi connectivity index (χ1n) is 6.50. The molecule has 15 heavy (non-hydrogen) atoms. The van der Waals surface area contributed by atoms with Gasteiger partial charge in [-0.2, -0.15) is 0 Å². The molecule has 2 aliphatic rings. The molecular formula is C13H27NO. The van der Waals surface area contributed by atoms with Crippen molar-refractivity contribution in [1.29, 1.82) is 0 Å². The first-order valence-corrected chi connectivity index (χ1v) is 6.50. The lowest BCUT2D eigenvalue weighted by molar-refractivity contribution is 0.138. The minimum absolute atomic E-state index is 0.671. The van der Waals surface area contributed by atoms with Gasteiger partial charge in [0, 0.05) is 26.2 Å². The molecule has 2 fully saturated rings. The van der Waals surface area contributed by atoms with Crippen molar-refractivity contribution in [3.05, 3.63) is 0 Å². The van der Waals surface area contributed by atoms with E-state index in [4.69, 9.17) is 4.74 Å². The van der Waals surface area contributed by atoms with Crippen molar-refractivity contribution in [1.82, 2.24) is 4.90 Å². The van der Waals surface area contributed by atoms with Crippen molar-refractivity contribution in [2.45, 2.75) is 46.5 Å². The van der Waals surface area contributed by atoms with E-state index in [9.17, 15) is 0 Å². The molecule has 0 amide bonds. The Morgan fingerprint density at radius 1 is 1.13 bits per heavy atom. The van der Waals surface area contributed by atoms with E-state index in [0.717, 1.165) is 19.8 Å². The zero-order valence-corrected chi connectivity index (χ0v) is 10.7. The Hall–Kier alpha value is -0.0800. The van der Waals surface area contributed by atoms with Gasteiger partial charge in [0.1, 0.15) is 0 Å². The molecule has 0 radical (unpaired) electrons. The smallest absolute Gasteiger partial charge is 0.0593 e. The summed E-state index contributed by atoms with van der Waals surface area (Å²) in [6.07, 6.45) is 5.34. The third-order valence-corrected chi connectivity index (χ3v) is 3.02. The highest BCUT2D eigenvalue weighted by atomic mass is 16.5. The molecule has 2 nitrogen and oxygen atoms in total. The second-order valence-corrected chi connectivity index (χ2v) is 5.26. The molecule has 0 aromatic heterocycles. The highest BCUT2D eigenvalue weighted by Crippen LogP contribution is 2.45. The van der Waals surface area contributed by atoms with Gasteiger partial charge in [0.05, 0.1) is 6.61 Å². The average Bonchev–Trinajstić information content (AvgIpc) is 2.94. The monoisotopic (exact) mass is 213 g/mol. The van der Waals surface area contributed by atoms with E-state index in [1.165, 1.54) is 38.8 Å². The van der Waals surface area contributed by atoms with Crippen LogP contribution >= 0.6 is 0 Å². The molecule has 1 aliphatic heterocycles. The maximum atomic E-state index is 5.42. The van der Waals surface area contributed by atoms with Crippen molar-refractivity contribution in [2.75, 3.05) is 32.8 Å². The fraction of sp³-hybridized carbons (Fsp3) is 1.00. The van der Waals surface area contributed by atoms with Crippen LogP contribution in [-0.2, 0) is 4.74 Å². The van der Waals surface area contributed by atoms with Crippen LogP contribution in [0.4, 0.5) is 0 Å². The van der Waals surface area contributed by atoms with Crippen LogP contribution in [0, 0.1) is 5.41 Å². The maximum absolute atomic E-state index is 5.42. The molecular weight excluding hydrogens is 186 g/mol. The van der Waals surface area contributed by atoms with Gasteiger partial charge < -0.3 is 9.64 Å². The van der Waals surface area contributed by atoms with Crippen molar-refractivity contribution < 1.29 is 4.74 Å². The number of ether oxygens (including phenoxy) is 1. The lowest BCUT2D eigenvalue weighted by atomic mass is 10.1. The summed E-state index contributed by atoms with van der Waals surface area (Å²) in [6.45, 7) is 12.3. The molecule has 2 rings (SSSR count). The first-order chi connectivity index (χ1) is 7.20. The van der Waals surface area contributed by atoms with Crippen molar-refractivity contribution in [3.8, 4) is 0 Å². The number of hydrogen-bond donors (Lipinski definition) is 0. The topological polar surface area (TPSA) is 12.5 Å². The van der Waals surface area contributed by atoms with Gasteiger partial charge in [-0.05, 0) is 24.7 Å². The lowest BCUT2D eigenvalue weighted by Gasteiger charge is -2.22. The zero-order chi connectivity index (χ0) is 11.1. The van der Waals surface area contributed by atoms with Gasteiger partial charge in [0.15, 0.2) is 0 Å². The van der Waals surface area contributed by atoms with E-state index in [0.29, 0.717) is 5.41 Å². The second kappa shape index (κ2) is 6.49. The third kappa shape index (κ3) is 5.53. The molecule has 1 saturated carbocycles. The molecule has 0 unspecified atom stereocenters. The minimum atomic E-state index is 0.671. The summed E-state index contributed by atoms with van der Waals surface area (Å²) in [5.41, 5.74) is 0.671. The zero-order valence-electron chi connectivity index (χ0n) is 10.7. The number of nitrogens with zero attached hydrogens (tertiary/aromatic N) is 1. The molecule has 0 spiro atoms. The second-order valence-electron chi connectivity index (χ2n) is 5.26. The molecule has 1 heterocycles. The van der Waals surface area contributed by atoms with E-state index < -0.39 is 0 Å². The third-order valence-electron chi connectivity index (χ3n) is 3.02. The van der Waals surface area contributed by atoms with E-state index in [2.05, 4.69) is 25.7 Å². The van der Waals surface area contributed by atoms with Crippen molar-refractivity contribution >= 4 is 0 Å². The molecule has 0 N–H and O–H groups in total. The van der Waals surface area contributed by atoms with Crippen LogP contribution in [0.25, 0.3) is 0 Å². The Morgan fingerprint density at radius 2 is 1.80 bits per heavy atom. The van der Waals surface area contributed by atoms with E-state index in [1.54, 1.807) is 0 Å². The molecule has 90 valence electrons. The number of hydrogen-bond acceptors (Lipinski definition) is 2. The van der Waals surface area contributed by atoms with E-state index in [-0.39, 0.29) is 0 Å².